The molecule has 1 heterocycles. The van der Waals surface area contributed by atoms with Crippen molar-refractivity contribution >= 4 is 35.0 Å². The van der Waals surface area contributed by atoms with Crippen LogP contribution < -0.4 is 4.90 Å². The largest absolute Gasteiger partial charge is 0.442 e. The topological polar surface area (TPSA) is 59.0 Å². The molecule has 0 unspecified atom stereocenters. The lowest BCUT2D eigenvalue weighted by Gasteiger charge is -2.17. The van der Waals surface area contributed by atoms with Crippen LogP contribution in [0.2, 0.25) is 5.02 Å². The van der Waals surface area contributed by atoms with Gasteiger partial charge in [-0.1, -0.05) is 48.0 Å². The molecule has 1 aliphatic heterocycles. The lowest BCUT2D eigenvalue weighted by Crippen LogP contribution is -2.30. The Kier molecular flexibility index (Phi) is 4.83. The standard InChI is InChI=1S/C20H19ClN2O3/c1-20(2,3)26-19(25)22-17-16-14(21)10-7-11-15(16)23(18(17)24)12-13-8-5-4-6-9-13/h4-11H,12H2,1-3H3/b22-17+. The van der Waals surface area contributed by atoms with Crippen LogP contribution in [-0.2, 0) is 16.1 Å². The number of amides is 2. The van der Waals surface area contributed by atoms with Crippen molar-refractivity contribution < 1.29 is 14.3 Å². The number of ether oxygens (including phenoxy) is 1. The van der Waals surface area contributed by atoms with E-state index in [2.05, 4.69) is 4.99 Å². The quantitative estimate of drug-likeness (QED) is 0.775. The van der Waals surface area contributed by atoms with Gasteiger partial charge in [0.05, 0.1) is 17.3 Å². The van der Waals surface area contributed by atoms with E-state index in [-0.39, 0.29) is 11.6 Å². The lowest BCUT2D eigenvalue weighted by molar-refractivity contribution is -0.112. The highest BCUT2D eigenvalue weighted by Crippen LogP contribution is 2.35. The third kappa shape index (κ3) is 3.78. The molecule has 6 heteroatoms. The fourth-order valence-corrected chi connectivity index (χ4v) is 2.98. The van der Waals surface area contributed by atoms with E-state index in [1.807, 2.05) is 30.3 Å². The predicted octanol–water partition coefficient (Wildman–Crippen LogP) is 4.61. The van der Waals surface area contributed by atoms with Gasteiger partial charge in [0.15, 0.2) is 0 Å². The normalized spacial score (nSPS) is 15.3. The molecular formula is C20H19ClN2O3. The summed E-state index contributed by atoms with van der Waals surface area (Å²) in [5.41, 5.74) is 1.37. The number of aliphatic imine (C=N–C) groups is 1. The fourth-order valence-electron chi connectivity index (χ4n) is 2.72. The summed E-state index contributed by atoms with van der Waals surface area (Å²) in [7, 11) is 0. The Labute approximate surface area is 157 Å². The third-order valence-electron chi connectivity index (χ3n) is 3.75. The van der Waals surface area contributed by atoms with Crippen LogP contribution in [0.25, 0.3) is 0 Å². The van der Waals surface area contributed by atoms with Crippen molar-refractivity contribution in [3.8, 4) is 0 Å². The highest BCUT2D eigenvalue weighted by Gasteiger charge is 2.36. The number of nitrogens with zero attached hydrogens (tertiary/aromatic N) is 2. The van der Waals surface area contributed by atoms with Gasteiger partial charge in [0.25, 0.3) is 5.91 Å². The Morgan fingerprint density at radius 2 is 1.81 bits per heavy atom. The Morgan fingerprint density at radius 3 is 2.46 bits per heavy atom. The van der Waals surface area contributed by atoms with Crippen LogP contribution in [0.1, 0.15) is 31.9 Å². The molecule has 0 spiro atoms. The molecule has 0 fully saturated rings. The van der Waals surface area contributed by atoms with Crippen molar-refractivity contribution in [2.24, 2.45) is 4.99 Å². The minimum Gasteiger partial charge on any atom is -0.442 e. The van der Waals surface area contributed by atoms with Crippen molar-refractivity contribution in [2.75, 3.05) is 4.90 Å². The van der Waals surface area contributed by atoms with Crippen molar-refractivity contribution in [1.29, 1.82) is 0 Å². The average molecular weight is 371 g/mol. The monoisotopic (exact) mass is 370 g/mol. The highest BCUT2D eigenvalue weighted by atomic mass is 35.5. The van der Waals surface area contributed by atoms with Gasteiger partial charge in [-0.05, 0) is 38.5 Å². The SMILES string of the molecule is CC(C)(C)OC(=O)/N=C1/C(=O)N(Cc2ccccc2)c2cccc(Cl)c21. The summed E-state index contributed by atoms with van der Waals surface area (Å²) in [5, 5.41) is 0.369. The minimum atomic E-state index is -0.812. The Morgan fingerprint density at radius 1 is 1.12 bits per heavy atom. The molecule has 0 atom stereocenters. The zero-order valence-electron chi connectivity index (χ0n) is 14.8. The maximum Gasteiger partial charge on any atom is 0.434 e. The second-order valence-corrected chi connectivity index (χ2v) is 7.36. The molecule has 3 rings (SSSR count). The summed E-state index contributed by atoms with van der Waals surface area (Å²) in [5.74, 6) is -0.372. The number of hydrogen-bond donors (Lipinski definition) is 0. The van der Waals surface area contributed by atoms with Gasteiger partial charge in [0.2, 0.25) is 0 Å². The molecule has 0 N–H and O–H groups in total. The van der Waals surface area contributed by atoms with Gasteiger partial charge in [-0.25, -0.2) is 4.79 Å². The van der Waals surface area contributed by atoms with Crippen molar-refractivity contribution in [2.45, 2.75) is 32.9 Å². The van der Waals surface area contributed by atoms with Gasteiger partial charge in [-0.3, -0.25) is 4.79 Å². The Bertz CT molecular complexity index is 886. The maximum atomic E-state index is 12.9. The van der Waals surface area contributed by atoms with E-state index in [0.29, 0.717) is 22.8 Å². The first-order chi connectivity index (χ1) is 12.3. The molecule has 2 amide bonds. The summed E-state index contributed by atoms with van der Waals surface area (Å²) >= 11 is 6.30. The zero-order chi connectivity index (χ0) is 18.9. The van der Waals surface area contributed by atoms with Gasteiger partial charge < -0.3 is 9.64 Å². The van der Waals surface area contributed by atoms with E-state index in [1.165, 1.54) is 0 Å². The second kappa shape index (κ2) is 6.92. The minimum absolute atomic E-state index is 0.00998. The summed E-state index contributed by atoms with van der Waals surface area (Å²) in [6.07, 6.45) is -0.812. The molecule has 0 aromatic heterocycles. The van der Waals surface area contributed by atoms with E-state index in [4.69, 9.17) is 16.3 Å². The molecule has 0 bridgehead atoms. The van der Waals surface area contributed by atoms with Crippen molar-refractivity contribution in [3.63, 3.8) is 0 Å². The van der Waals surface area contributed by atoms with Crippen LogP contribution in [-0.4, -0.2) is 23.3 Å². The van der Waals surface area contributed by atoms with Gasteiger partial charge in [0.1, 0.15) is 11.3 Å². The average Bonchev–Trinajstić information content (AvgIpc) is 2.81. The van der Waals surface area contributed by atoms with Crippen LogP contribution in [0.4, 0.5) is 10.5 Å². The van der Waals surface area contributed by atoms with Crippen LogP contribution in [0, 0.1) is 0 Å². The molecule has 0 saturated carbocycles. The van der Waals surface area contributed by atoms with Crippen molar-refractivity contribution in [3.05, 3.63) is 64.7 Å². The first kappa shape index (κ1) is 18.1. The number of halogens is 1. The number of rotatable bonds is 2. The summed E-state index contributed by atoms with van der Waals surface area (Å²) in [6, 6.07) is 14.8. The molecular weight excluding hydrogens is 352 g/mol. The summed E-state index contributed by atoms with van der Waals surface area (Å²) in [4.78, 5) is 30.6. The lowest BCUT2D eigenvalue weighted by atomic mass is 10.1. The molecule has 26 heavy (non-hydrogen) atoms. The summed E-state index contributed by atoms with van der Waals surface area (Å²) < 4.78 is 5.22. The first-order valence-electron chi connectivity index (χ1n) is 8.22. The first-order valence-corrected chi connectivity index (χ1v) is 8.60. The number of carbonyl (C=O) groups excluding carboxylic acids is 2. The number of anilines is 1. The van der Waals surface area contributed by atoms with Crippen LogP contribution in [0.5, 0.6) is 0 Å². The predicted molar refractivity (Wildman–Crippen MR) is 102 cm³/mol. The fraction of sp³-hybridized carbons (Fsp3) is 0.250. The molecule has 5 nitrogen and oxygen atoms in total. The second-order valence-electron chi connectivity index (χ2n) is 6.95. The number of fused-ring (bicyclic) bond motifs is 1. The smallest absolute Gasteiger partial charge is 0.434 e. The molecule has 134 valence electrons. The van der Waals surface area contributed by atoms with E-state index in [0.717, 1.165) is 5.56 Å². The number of benzene rings is 2. The van der Waals surface area contributed by atoms with Crippen LogP contribution in [0.15, 0.2) is 53.5 Å². The van der Waals surface area contributed by atoms with E-state index in [9.17, 15) is 9.59 Å². The van der Waals surface area contributed by atoms with Gasteiger partial charge in [-0.15, -0.1) is 0 Å². The van der Waals surface area contributed by atoms with E-state index in [1.54, 1.807) is 43.9 Å². The van der Waals surface area contributed by atoms with Crippen molar-refractivity contribution in [1.82, 2.24) is 0 Å². The summed E-state index contributed by atoms with van der Waals surface area (Å²) in [6.45, 7) is 5.58. The highest BCUT2D eigenvalue weighted by molar-refractivity contribution is 6.57. The zero-order valence-corrected chi connectivity index (χ0v) is 15.6. The van der Waals surface area contributed by atoms with E-state index >= 15 is 0 Å². The Hall–Kier alpha value is -2.66. The molecule has 0 radical (unpaired) electrons. The molecule has 2 aromatic carbocycles. The molecule has 0 saturated heterocycles. The molecule has 1 aliphatic rings. The van der Waals surface area contributed by atoms with Crippen LogP contribution >= 0.6 is 11.6 Å². The van der Waals surface area contributed by atoms with Gasteiger partial charge in [-0.2, -0.15) is 4.99 Å². The van der Waals surface area contributed by atoms with E-state index < -0.39 is 11.7 Å². The van der Waals surface area contributed by atoms with Crippen LogP contribution in [0.3, 0.4) is 0 Å². The van der Waals surface area contributed by atoms with Gasteiger partial charge in [0, 0.05) is 5.56 Å². The molecule has 2 aromatic rings. The third-order valence-corrected chi connectivity index (χ3v) is 4.06. The Balaban J connectivity index is 2.00. The maximum absolute atomic E-state index is 12.9. The number of hydrogen-bond acceptors (Lipinski definition) is 3. The van der Waals surface area contributed by atoms with Gasteiger partial charge >= 0.3 is 6.09 Å². The molecule has 0 aliphatic carbocycles. The number of carbonyl (C=O) groups is 2.